The first kappa shape index (κ1) is 17.5. The number of carbonyl (C=O) groups is 1. The van der Waals surface area contributed by atoms with E-state index in [0.717, 1.165) is 17.9 Å². The molecule has 5 nitrogen and oxygen atoms in total. The number of hydrogen-bond acceptors (Lipinski definition) is 2. The van der Waals surface area contributed by atoms with Crippen LogP contribution in [0.2, 0.25) is 0 Å². The highest BCUT2D eigenvalue weighted by Crippen LogP contribution is 2.23. The van der Waals surface area contributed by atoms with Crippen molar-refractivity contribution in [1.82, 2.24) is 15.5 Å². The number of rotatable bonds is 5. The molecule has 120 valence electrons. The minimum atomic E-state index is 0.00318. The Bertz CT molecular complexity index is 390. The predicted molar refractivity (Wildman–Crippen MR) is 88.4 cm³/mol. The molecule has 2 atom stereocenters. The van der Waals surface area contributed by atoms with E-state index in [0.29, 0.717) is 18.5 Å². The fourth-order valence-corrected chi connectivity index (χ4v) is 2.43. The van der Waals surface area contributed by atoms with Gasteiger partial charge >= 0.3 is 0 Å². The molecule has 21 heavy (non-hydrogen) atoms. The number of guanidine groups is 1. The van der Waals surface area contributed by atoms with E-state index in [2.05, 4.69) is 29.1 Å². The second kappa shape index (κ2) is 8.70. The van der Waals surface area contributed by atoms with Crippen LogP contribution < -0.4 is 10.6 Å². The molecule has 0 aliphatic heterocycles. The zero-order valence-corrected chi connectivity index (χ0v) is 13.9. The summed E-state index contributed by atoms with van der Waals surface area (Å²) in [7, 11) is 3.49. The van der Waals surface area contributed by atoms with Crippen LogP contribution in [0.5, 0.6) is 0 Å². The van der Waals surface area contributed by atoms with Crippen LogP contribution in [0.4, 0.5) is 0 Å². The van der Waals surface area contributed by atoms with Crippen molar-refractivity contribution in [2.24, 2.45) is 10.9 Å². The lowest BCUT2D eigenvalue weighted by atomic mass is 9.87. The molecule has 1 amide bonds. The molecule has 0 aromatic rings. The Kier molecular flexibility index (Phi) is 7.26. The maximum Gasteiger partial charge on any atom is 0.243 e. The van der Waals surface area contributed by atoms with Crippen LogP contribution in [-0.2, 0) is 4.79 Å². The van der Waals surface area contributed by atoms with Gasteiger partial charge in [-0.1, -0.05) is 31.9 Å². The summed E-state index contributed by atoms with van der Waals surface area (Å²) in [5.74, 6) is 1.47. The smallest absolute Gasteiger partial charge is 0.243 e. The highest BCUT2D eigenvalue weighted by Gasteiger charge is 2.19. The standard InChI is InChI=1S/C16H30N4O/c1-12(2)10-17-16(18-11-15(21)20(4)5)19-14-8-6-7-13(3)9-14/h13-14H,1,6-11H2,2-5H3,(H2,17,18,19). The molecule has 0 aromatic carbocycles. The van der Waals surface area contributed by atoms with Gasteiger partial charge in [0.25, 0.3) is 0 Å². The van der Waals surface area contributed by atoms with Crippen LogP contribution in [-0.4, -0.2) is 50.0 Å². The molecule has 0 heterocycles. The molecular formula is C16H30N4O. The lowest BCUT2D eigenvalue weighted by molar-refractivity contribution is -0.127. The molecule has 1 saturated carbocycles. The molecule has 0 aromatic heterocycles. The van der Waals surface area contributed by atoms with Crippen molar-refractivity contribution < 1.29 is 4.79 Å². The third kappa shape index (κ3) is 7.16. The first-order chi connectivity index (χ1) is 9.88. The maximum atomic E-state index is 11.7. The van der Waals surface area contributed by atoms with Gasteiger partial charge < -0.3 is 15.5 Å². The Morgan fingerprint density at radius 1 is 1.38 bits per heavy atom. The Labute approximate surface area is 128 Å². The monoisotopic (exact) mass is 294 g/mol. The summed E-state index contributed by atoms with van der Waals surface area (Å²) in [6, 6.07) is 0.444. The number of carbonyl (C=O) groups excluding carboxylic acids is 1. The van der Waals surface area contributed by atoms with E-state index in [9.17, 15) is 4.79 Å². The highest BCUT2D eigenvalue weighted by molar-refractivity contribution is 5.85. The Morgan fingerprint density at radius 3 is 2.67 bits per heavy atom. The average Bonchev–Trinajstić information content (AvgIpc) is 2.41. The second-order valence-electron chi connectivity index (χ2n) is 6.38. The SMILES string of the molecule is C=C(C)CNC(=NCC(=O)N(C)C)NC1CCCC(C)C1. The van der Waals surface area contributed by atoms with Crippen molar-refractivity contribution in [3.05, 3.63) is 12.2 Å². The van der Waals surface area contributed by atoms with E-state index < -0.39 is 0 Å². The fourth-order valence-electron chi connectivity index (χ4n) is 2.43. The summed E-state index contributed by atoms with van der Waals surface area (Å²) in [4.78, 5) is 17.6. The van der Waals surface area contributed by atoms with E-state index in [4.69, 9.17) is 0 Å². The number of nitrogens with one attached hydrogen (secondary N) is 2. The van der Waals surface area contributed by atoms with Crippen LogP contribution >= 0.6 is 0 Å². The van der Waals surface area contributed by atoms with Gasteiger partial charge in [-0.2, -0.15) is 0 Å². The van der Waals surface area contributed by atoms with Crippen molar-refractivity contribution >= 4 is 11.9 Å². The van der Waals surface area contributed by atoms with Gasteiger partial charge in [0.1, 0.15) is 6.54 Å². The zero-order valence-electron chi connectivity index (χ0n) is 13.9. The number of nitrogens with zero attached hydrogens (tertiary/aromatic N) is 2. The van der Waals surface area contributed by atoms with Gasteiger partial charge in [0.05, 0.1) is 0 Å². The van der Waals surface area contributed by atoms with Gasteiger partial charge in [-0.05, 0) is 25.7 Å². The Balaban J connectivity index is 2.60. The summed E-state index contributed by atoms with van der Waals surface area (Å²) in [6.07, 6.45) is 4.89. The maximum absolute atomic E-state index is 11.7. The molecule has 1 aliphatic rings. The van der Waals surface area contributed by atoms with E-state index in [1.165, 1.54) is 19.3 Å². The number of amides is 1. The molecule has 0 spiro atoms. The molecule has 1 aliphatic carbocycles. The molecular weight excluding hydrogens is 264 g/mol. The summed E-state index contributed by atoms with van der Waals surface area (Å²) < 4.78 is 0. The quantitative estimate of drug-likeness (QED) is 0.461. The van der Waals surface area contributed by atoms with Gasteiger partial charge in [0.2, 0.25) is 5.91 Å². The molecule has 1 fully saturated rings. The average molecular weight is 294 g/mol. The zero-order chi connectivity index (χ0) is 15.8. The Morgan fingerprint density at radius 2 is 2.10 bits per heavy atom. The van der Waals surface area contributed by atoms with Crippen LogP contribution in [0.3, 0.4) is 0 Å². The number of aliphatic imine (C=N–C) groups is 1. The topological polar surface area (TPSA) is 56.7 Å². The van der Waals surface area contributed by atoms with Crippen molar-refractivity contribution in [1.29, 1.82) is 0 Å². The van der Waals surface area contributed by atoms with Crippen LogP contribution in [0.25, 0.3) is 0 Å². The molecule has 0 saturated heterocycles. The first-order valence-corrected chi connectivity index (χ1v) is 7.78. The third-order valence-electron chi connectivity index (χ3n) is 3.71. The summed E-state index contributed by atoms with van der Waals surface area (Å²) in [5, 5.41) is 6.71. The largest absolute Gasteiger partial charge is 0.354 e. The third-order valence-corrected chi connectivity index (χ3v) is 3.71. The van der Waals surface area contributed by atoms with Gasteiger partial charge in [-0.25, -0.2) is 4.99 Å². The summed E-state index contributed by atoms with van der Waals surface area (Å²) >= 11 is 0. The van der Waals surface area contributed by atoms with Crippen molar-refractivity contribution in [3.63, 3.8) is 0 Å². The lowest BCUT2D eigenvalue weighted by Gasteiger charge is -2.29. The van der Waals surface area contributed by atoms with Gasteiger partial charge in [0.15, 0.2) is 5.96 Å². The lowest BCUT2D eigenvalue weighted by Crippen LogP contribution is -2.46. The summed E-state index contributed by atoms with van der Waals surface area (Å²) in [6.45, 7) is 8.99. The Hall–Kier alpha value is -1.52. The predicted octanol–water partition coefficient (Wildman–Crippen LogP) is 1.76. The molecule has 0 radical (unpaired) electrons. The number of likely N-dealkylation sites (N-methyl/N-ethyl adjacent to an activating group) is 1. The van der Waals surface area contributed by atoms with E-state index >= 15 is 0 Å². The second-order valence-corrected chi connectivity index (χ2v) is 6.38. The fraction of sp³-hybridized carbons (Fsp3) is 0.750. The van der Waals surface area contributed by atoms with Crippen LogP contribution in [0.1, 0.15) is 39.5 Å². The van der Waals surface area contributed by atoms with E-state index in [-0.39, 0.29) is 12.5 Å². The molecule has 5 heteroatoms. The minimum absolute atomic E-state index is 0.00318. The van der Waals surface area contributed by atoms with Crippen LogP contribution in [0, 0.1) is 5.92 Å². The van der Waals surface area contributed by atoms with Crippen molar-refractivity contribution in [2.75, 3.05) is 27.2 Å². The molecule has 2 N–H and O–H groups in total. The van der Waals surface area contributed by atoms with Crippen molar-refractivity contribution in [2.45, 2.75) is 45.6 Å². The van der Waals surface area contributed by atoms with Gasteiger partial charge in [-0.3, -0.25) is 4.79 Å². The summed E-state index contributed by atoms with van der Waals surface area (Å²) in [5.41, 5.74) is 1.04. The molecule has 2 unspecified atom stereocenters. The first-order valence-electron chi connectivity index (χ1n) is 7.78. The highest BCUT2D eigenvalue weighted by atomic mass is 16.2. The van der Waals surface area contributed by atoms with E-state index in [1.807, 2.05) is 6.92 Å². The van der Waals surface area contributed by atoms with Crippen molar-refractivity contribution in [3.8, 4) is 0 Å². The minimum Gasteiger partial charge on any atom is -0.354 e. The number of hydrogen-bond donors (Lipinski definition) is 2. The normalized spacial score (nSPS) is 22.6. The van der Waals surface area contributed by atoms with Gasteiger partial charge in [-0.15, -0.1) is 0 Å². The molecule has 1 rings (SSSR count). The molecule has 0 bridgehead atoms. The van der Waals surface area contributed by atoms with E-state index in [1.54, 1.807) is 19.0 Å². The van der Waals surface area contributed by atoms with Crippen LogP contribution in [0.15, 0.2) is 17.1 Å². The van der Waals surface area contributed by atoms with Gasteiger partial charge in [0, 0.05) is 26.7 Å².